The van der Waals surface area contributed by atoms with Gasteiger partial charge in [-0.3, -0.25) is 0 Å². The Bertz CT molecular complexity index is 593. The molecule has 106 valence electrons. The van der Waals surface area contributed by atoms with Crippen LogP contribution in [0, 0.1) is 5.92 Å². The molecule has 0 spiro atoms. The lowest BCUT2D eigenvalue weighted by Gasteiger charge is -2.24. The van der Waals surface area contributed by atoms with Gasteiger partial charge in [-0.2, -0.15) is 0 Å². The fraction of sp³-hybridized carbons (Fsp3) is 0.438. The lowest BCUT2D eigenvalue weighted by atomic mass is 9.98. The van der Waals surface area contributed by atoms with Crippen molar-refractivity contribution in [2.45, 2.75) is 31.7 Å². The summed E-state index contributed by atoms with van der Waals surface area (Å²) in [5.74, 6) is 1.63. The van der Waals surface area contributed by atoms with E-state index in [1.54, 1.807) is 0 Å². The summed E-state index contributed by atoms with van der Waals surface area (Å²) in [6, 6.07) is 8.58. The van der Waals surface area contributed by atoms with Crippen LogP contribution in [0.4, 0.5) is 5.82 Å². The summed E-state index contributed by atoms with van der Waals surface area (Å²) < 4.78 is 1.10. The number of benzene rings is 1. The Kier molecular flexibility index (Phi) is 4.22. The van der Waals surface area contributed by atoms with E-state index in [4.69, 9.17) is 5.73 Å². The molecule has 0 amide bonds. The van der Waals surface area contributed by atoms with Crippen molar-refractivity contribution in [2.75, 3.05) is 11.9 Å². The molecular weight excluding hydrogens is 314 g/mol. The molecule has 1 aromatic heterocycles. The normalized spacial score (nSPS) is 17.5. The summed E-state index contributed by atoms with van der Waals surface area (Å²) in [5.41, 5.74) is 5.97. The predicted molar refractivity (Wildman–Crippen MR) is 87.9 cm³/mol. The van der Waals surface area contributed by atoms with E-state index < -0.39 is 0 Å². The monoisotopic (exact) mass is 333 g/mol. The van der Waals surface area contributed by atoms with Crippen LogP contribution >= 0.6 is 15.9 Å². The lowest BCUT2D eigenvalue weighted by Crippen LogP contribution is -2.35. The van der Waals surface area contributed by atoms with Gasteiger partial charge in [0.2, 0.25) is 0 Å². The Hall–Kier alpha value is -1.13. The highest BCUT2D eigenvalue weighted by Crippen LogP contribution is 2.31. The maximum atomic E-state index is 5.97. The quantitative estimate of drug-likeness (QED) is 0.891. The maximum Gasteiger partial charge on any atom is 0.134 e. The number of nitrogens with two attached hydrogens (primary N) is 1. The number of nitrogens with one attached hydrogen (secondary N) is 1. The van der Waals surface area contributed by atoms with Gasteiger partial charge in [0.05, 0.1) is 0 Å². The van der Waals surface area contributed by atoms with Crippen LogP contribution in [0.3, 0.4) is 0 Å². The van der Waals surface area contributed by atoms with Crippen molar-refractivity contribution in [2.24, 2.45) is 11.7 Å². The second kappa shape index (κ2) is 6.10. The number of aromatic nitrogens is 1. The molecule has 20 heavy (non-hydrogen) atoms. The first-order chi connectivity index (χ1) is 9.79. The molecule has 1 atom stereocenters. The first-order valence-electron chi connectivity index (χ1n) is 7.29. The van der Waals surface area contributed by atoms with Crippen LogP contribution in [0.1, 0.15) is 25.7 Å². The van der Waals surface area contributed by atoms with E-state index >= 15 is 0 Å². The molecule has 0 aliphatic heterocycles. The molecule has 1 saturated carbocycles. The number of hydrogen-bond acceptors (Lipinski definition) is 3. The Morgan fingerprint density at radius 2 is 2.05 bits per heavy atom. The van der Waals surface area contributed by atoms with Crippen molar-refractivity contribution in [3.8, 4) is 0 Å². The number of rotatable bonds is 4. The van der Waals surface area contributed by atoms with Crippen molar-refractivity contribution < 1.29 is 0 Å². The smallest absolute Gasteiger partial charge is 0.134 e. The molecule has 4 heteroatoms. The summed E-state index contributed by atoms with van der Waals surface area (Å²) in [7, 11) is 0. The van der Waals surface area contributed by atoms with Crippen molar-refractivity contribution in [3.05, 3.63) is 34.9 Å². The molecule has 3 rings (SSSR count). The molecule has 0 radical (unpaired) electrons. The summed E-state index contributed by atoms with van der Waals surface area (Å²) in [6.45, 7) is 0.663. The molecule has 2 aromatic rings. The largest absolute Gasteiger partial charge is 0.365 e. The zero-order chi connectivity index (χ0) is 13.9. The highest BCUT2D eigenvalue weighted by atomic mass is 79.9. The molecular formula is C16H20BrN3. The van der Waals surface area contributed by atoms with Gasteiger partial charge < -0.3 is 11.1 Å². The second-order valence-electron chi connectivity index (χ2n) is 5.53. The van der Waals surface area contributed by atoms with Gasteiger partial charge in [0, 0.05) is 34.0 Å². The molecule has 3 N–H and O–H groups in total. The average Bonchev–Trinajstić information content (AvgIpc) is 2.99. The Balaban J connectivity index is 1.91. The molecule has 0 bridgehead atoms. The Morgan fingerprint density at radius 1 is 1.25 bits per heavy atom. The van der Waals surface area contributed by atoms with Crippen LogP contribution in [0.25, 0.3) is 10.8 Å². The fourth-order valence-electron chi connectivity index (χ4n) is 3.19. The first kappa shape index (κ1) is 13.8. The van der Waals surface area contributed by atoms with Crippen LogP contribution in [0.15, 0.2) is 34.9 Å². The highest BCUT2D eigenvalue weighted by Gasteiger charge is 2.24. The van der Waals surface area contributed by atoms with Crippen LogP contribution in [-0.2, 0) is 0 Å². The highest BCUT2D eigenvalue weighted by molar-refractivity contribution is 9.10. The van der Waals surface area contributed by atoms with Gasteiger partial charge >= 0.3 is 0 Å². The zero-order valence-electron chi connectivity index (χ0n) is 11.5. The van der Waals surface area contributed by atoms with E-state index in [9.17, 15) is 0 Å². The van der Waals surface area contributed by atoms with Gasteiger partial charge in [-0.1, -0.05) is 40.9 Å². The fourth-order valence-corrected chi connectivity index (χ4v) is 3.69. The average molecular weight is 334 g/mol. The van der Waals surface area contributed by atoms with E-state index in [-0.39, 0.29) is 0 Å². The number of hydrogen-bond donors (Lipinski definition) is 2. The number of anilines is 1. The molecule has 0 saturated heterocycles. The topological polar surface area (TPSA) is 50.9 Å². The molecule has 3 nitrogen and oxygen atoms in total. The molecule has 1 unspecified atom stereocenters. The van der Waals surface area contributed by atoms with Gasteiger partial charge in [-0.05, 0) is 30.9 Å². The molecule has 1 aliphatic carbocycles. The van der Waals surface area contributed by atoms with Crippen LogP contribution < -0.4 is 11.1 Å². The summed E-state index contributed by atoms with van der Waals surface area (Å²) in [5, 5.41) is 5.92. The number of nitrogens with zero attached hydrogens (tertiary/aromatic N) is 1. The van der Waals surface area contributed by atoms with Crippen molar-refractivity contribution in [3.63, 3.8) is 0 Å². The standard InChI is InChI=1S/C16H20BrN3/c17-14-7-3-6-13-12(14)8-9-19-16(13)20-15(10-18)11-4-1-2-5-11/h3,6-9,11,15H,1-2,4-5,10,18H2,(H,19,20). The van der Waals surface area contributed by atoms with Crippen LogP contribution in [0.2, 0.25) is 0 Å². The lowest BCUT2D eigenvalue weighted by molar-refractivity contribution is 0.461. The predicted octanol–water partition coefficient (Wildman–Crippen LogP) is 3.93. The zero-order valence-corrected chi connectivity index (χ0v) is 13.1. The molecule has 1 heterocycles. The molecule has 1 aromatic carbocycles. The number of pyridine rings is 1. The summed E-state index contributed by atoms with van der Waals surface area (Å²) in [4.78, 5) is 4.52. The second-order valence-corrected chi connectivity index (χ2v) is 6.38. The molecule has 1 fully saturated rings. The number of fused-ring (bicyclic) bond motifs is 1. The summed E-state index contributed by atoms with van der Waals surface area (Å²) >= 11 is 3.60. The van der Waals surface area contributed by atoms with E-state index in [2.05, 4.69) is 38.4 Å². The van der Waals surface area contributed by atoms with Crippen LogP contribution in [0.5, 0.6) is 0 Å². The third-order valence-electron chi connectivity index (χ3n) is 4.30. The van der Waals surface area contributed by atoms with Crippen LogP contribution in [-0.4, -0.2) is 17.6 Å². The SMILES string of the molecule is NCC(Nc1nccc2c(Br)cccc12)C1CCCC1. The van der Waals surface area contributed by atoms with E-state index in [0.29, 0.717) is 18.5 Å². The van der Waals surface area contributed by atoms with Gasteiger partial charge in [-0.25, -0.2) is 4.98 Å². The third-order valence-corrected chi connectivity index (χ3v) is 4.99. The molecule has 1 aliphatic rings. The first-order valence-corrected chi connectivity index (χ1v) is 8.08. The summed E-state index contributed by atoms with van der Waals surface area (Å²) in [6.07, 6.45) is 7.08. The van der Waals surface area contributed by atoms with Gasteiger partial charge in [0.25, 0.3) is 0 Å². The van der Waals surface area contributed by atoms with E-state index in [1.165, 1.54) is 31.1 Å². The Morgan fingerprint density at radius 3 is 2.80 bits per heavy atom. The van der Waals surface area contributed by atoms with Crippen molar-refractivity contribution >= 4 is 32.5 Å². The van der Waals surface area contributed by atoms with E-state index in [0.717, 1.165) is 15.7 Å². The minimum absolute atomic E-state index is 0.328. The van der Waals surface area contributed by atoms with Gasteiger partial charge in [-0.15, -0.1) is 0 Å². The maximum absolute atomic E-state index is 5.97. The Labute approximate surface area is 128 Å². The van der Waals surface area contributed by atoms with Gasteiger partial charge in [0.1, 0.15) is 5.82 Å². The van der Waals surface area contributed by atoms with Crippen molar-refractivity contribution in [1.82, 2.24) is 4.98 Å². The van der Waals surface area contributed by atoms with Crippen molar-refractivity contribution in [1.29, 1.82) is 0 Å². The van der Waals surface area contributed by atoms with E-state index in [1.807, 2.05) is 18.3 Å². The number of halogens is 1. The van der Waals surface area contributed by atoms with Gasteiger partial charge in [0.15, 0.2) is 0 Å². The third kappa shape index (κ3) is 2.67. The minimum Gasteiger partial charge on any atom is -0.365 e. The minimum atomic E-state index is 0.328.